The van der Waals surface area contributed by atoms with Gasteiger partial charge in [0, 0.05) is 29.7 Å². The Kier molecular flexibility index (Phi) is 7.43. The first-order valence-corrected chi connectivity index (χ1v) is 10.6. The molecule has 0 saturated carbocycles. The van der Waals surface area contributed by atoms with Crippen LogP contribution >= 0.6 is 23.4 Å². The summed E-state index contributed by atoms with van der Waals surface area (Å²) in [7, 11) is 0. The van der Waals surface area contributed by atoms with E-state index in [2.05, 4.69) is 26.2 Å². The van der Waals surface area contributed by atoms with Crippen LogP contribution in [0.3, 0.4) is 0 Å². The lowest BCUT2D eigenvalue weighted by Gasteiger charge is -2.07. The quantitative estimate of drug-likeness (QED) is 0.454. The first-order valence-electron chi connectivity index (χ1n) is 9.33. The van der Waals surface area contributed by atoms with Crippen LogP contribution in [-0.2, 0) is 14.4 Å². The van der Waals surface area contributed by atoms with Gasteiger partial charge in [0.2, 0.25) is 17.7 Å². The predicted octanol–water partition coefficient (Wildman–Crippen LogP) is 3.64. The monoisotopic (exact) mass is 457 g/mol. The third kappa shape index (κ3) is 6.66. The van der Waals surface area contributed by atoms with Crippen LogP contribution in [0, 0.1) is 0 Å². The first-order chi connectivity index (χ1) is 14.8. The molecule has 31 heavy (non-hydrogen) atoms. The van der Waals surface area contributed by atoms with E-state index >= 15 is 0 Å². The fourth-order valence-corrected chi connectivity index (χ4v) is 3.75. The number of thioether (sulfide) groups is 1. The summed E-state index contributed by atoms with van der Waals surface area (Å²) < 4.78 is 0. The molecule has 2 aromatic carbocycles. The van der Waals surface area contributed by atoms with E-state index in [1.807, 2.05) is 6.07 Å². The van der Waals surface area contributed by atoms with Crippen LogP contribution in [0.15, 0.2) is 58.7 Å². The number of anilines is 2. The normalized spacial score (nSPS) is 17.4. The largest absolute Gasteiger partial charge is 0.326 e. The molecule has 1 aliphatic rings. The van der Waals surface area contributed by atoms with Crippen molar-refractivity contribution >= 4 is 63.3 Å². The van der Waals surface area contributed by atoms with Crippen LogP contribution in [-0.4, -0.2) is 33.9 Å². The van der Waals surface area contributed by atoms with Gasteiger partial charge >= 0.3 is 0 Å². The summed E-state index contributed by atoms with van der Waals surface area (Å²) in [5.74, 6) is -0.746. The van der Waals surface area contributed by atoms with Gasteiger partial charge in [-0.15, -0.1) is 5.10 Å². The number of benzene rings is 2. The van der Waals surface area contributed by atoms with Crippen LogP contribution < -0.4 is 16.0 Å². The van der Waals surface area contributed by atoms with Crippen molar-refractivity contribution in [2.24, 2.45) is 10.2 Å². The molecule has 0 radical (unpaired) electrons. The maximum absolute atomic E-state index is 12.2. The van der Waals surface area contributed by atoms with E-state index in [0.29, 0.717) is 27.3 Å². The summed E-state index contributed by atoms with van der Waals surface area (Å²) in [5, 5.41) is 16.6. The van der Waals surface area contributed by atoms with E-state index in [9.17, 15) is 14.4 Å². The number of carbonyl (C=O) groups is 3. The number of rotatable bonds is 6. The number of carbonyl (C=O) groups excluding carboxylic acids is 3. The Balaban J connectivity index is 1.60. The van der Waals surface area contributed by atoms with Crippen LogP contribution in [0.25, 0.3) is 0 Å². The molecule has 0 spiro atoms. The minimum Gasteiger partial charge on any atom is -0.326 e. The average molecular weight is 458 g/mol. The SMILES string of the molecule is CC(=O)Nc1cccc(/C(C)=N\N=C2/NC(=O)[C@H](CC(=O)Nc3ccc(Cl)cc3)S2)c1. The number of amidine groups is 1. The minimum atomic E-state index is -0.593. The zero-order valence-corrected chi connectivity index (χ0v) is 18.4. The van der Waals surface area contributed by atoms with Gasteiger partial charge in [-0.3, -0.25) is 14.4 Å². The van der Waals surface area contributed by atoms with Crippen molar-refractivity contribution in [2.75, 3.05) is 10.6 Å². The van der Waals surface area contributed by atoms with E-state index in [1.165, 1.54) is 6.92 Å². The second-order valence-corrected chi connectivity index (χ2v) is 8.34. The lowest BCUT2D eigenvalue weighted by atomic mass is 10.1. The number of nitrogens with zero attached hydrogens (tertiary/aromatic N) is 2. The van der Waals surface area contributed by atoms with Crippen LogP contribution in [0.1, 0.15) is 25.8 Å². The van der Waals surface area contributed by atoms with Crippen molar-refractivity contribution in [1.82, 2.24) is 5.32 Å². The Hall–Kier alpha value is -3.17. The summed E-state index contributed by atoms with van der Waals surface area (Å²) in [5.41, 5.74) is 2.65. The number of halogens is 1. The smallest absolute Gasteiger partial charge is 0.240 e. The number of hydrogen-bond acceptors (Lipinski definition) is 6. The minimum absolute atomic E-state index is 0.000393. The molecule has 1 heterocycles. The summed E-state index contributed by atoms with van der Waals surface area (Å²) in [6.45, 7) is 3.21. The molecule has 2 aromatic rings. The molecular formula is C21H20ClN5O3S. The van der Waals surface area contributed by atoms with E-state index in [1.54, 1.807) is 49.4 Å². The molecular weight excluding hydrogens is 438 g/mol. The molecule has 1 fully saturated rings. The van der Waals surface area contributed by atoms with Crippen LogP contribution in [0.4, 0.5) is 11.4 Å². The zero-order valence-electron chi connectivity index (χ0n) is 16.8. The molecule has 3 N–H and O–H groups in total. The highest BCUT2D eigenvalue weighted by atomic mass is 35.5. The molecule has 0 aromatic heterocycles. The average Bonchev–Trinajstić information content (AvgIpc) is 3.06. The van der Waals surface area contributed by atoms with Crippen LogP contribution in [0.2, 0.25) is 5.02 Å². The van der Waals surface area contributed by atoms with Gasteiger partial charge in [0.25, 0.3) is 0 Å². The van der Waals surface area contributed by atoms with Crippen LogP contribution in [0.5, 0.6) is 0 Å². The second kappa shape index (κ2) is 10.2. The Morgan fingerprint density at radius 2 is 1.84 bits per heavy atom. The van der Waals surface area contributed by atoms with Crippen molar-refractivity contribution in [3.8, 4) is 0 Å². The molecule has 1 aliphatic heterocycles. The van der Waals surface area contributed by atoms with E-state index in [-0.39, 0.29) is 24.1 Å². The molecule has 8 nitrogen and oxygen atoms in total. The van der Waals surface area contributed by atoms with Gasteiger partial charge in [-0.25, -0.2) is 0 Å². The van der Waals surface area contributed by atoms with Crippen molar-refractivity contribution in [1.29, 1.82) is 0 Å². The Morgan fingerprint density at radius 1 is 1.10 bits per heavy atom. The van der Waals surface area contributed by atoms with Crippen molar-refractivity contribution in [2.45, 2.75) is 25.5 Å². The molecule has 3 amide bonds. The van der Waals surface area contributed by atoms with Crippen molar-refractivity contribution in [3.05, 3.63) is 59.1 Å². The van der Waals surface area contributed by atoms with Gasteiger partial charge in [-0.1, -0.05) is 35.5 Å². The summed E-state index contributed by atoms with van der Waals surface area (Å²) in [6.07, 6.45) is -0.000393. The van der Waals surface area contributed by atoms with E-state index in [4.69, 9.17) is 11.6 Å². The van der Waals surface area contributed by atoms with Gasteiger partial charge in [0.1, 0.15) is 5.25 Å². The molecule has 3 rings (SSSR count). The molecule has 0 unspecified atom stereocenters. The third-order valence-electron chi connectivity index (χ3n) is 4.17. The Labute approximate surface area is 188 Å². The molecule has 0 bridgehead atoms. The number of hydrogen-bond donors (Lipinski definition) is 3. The van der Waals surface area contributed by atoms with E-state index in [0.717, 1.165) is 17.3 Å². The lowest BCUT2D eigenvalue weighted by Crippen LogP contribution is -2.28. The molecule has 0 aliphatic carbocycles. The zero-order chi connectivity index (χ0) is 22.4. The second-order valence-electron chi connectivity index (χ2n) is 6.71. The molecule has 160 valence electrons. The highest BCUT2D eigenvalue weighted by Gasteiger charge is 2.32. The van der Waals surface area contributed by atoms with E-state index < -0.39 is 5.25 Å². The summed E-state index contributed by atoms with van der Waals surface area (Å²) in [4.78, 5) is 35.6. The maximum Gasteiger partial charge on any atom is 0.240 e. The first kappa shape index (κ1) is 22.5. The fourth-order valence-electron chi connectivity index (χ4n) is 2.70. The van der Waals surface area contributed by atoms with Gasteiger partial charge in [0.15, 0.2) is 5.17 Å². The van der Waals surface area contributed by atoms with Gasteiger partial charge in [0.05, 0.1) is 5.71 Å². The van der Waals surface area contributed by atoms with Gasteiger partial charge < -0.3 is 16.0 Å². The highest BCUT2D eigenvalue weighted by Crippen LogP contribution is 2.23. The molecule has 10 heteroatoms. The topological polar surface area (TPSA) is 112 Å². The maximum atomic E-state index is 12.2. The lowest BCUT2D eigenvalue weighted by molar-refractivity contribution is -0.122. The van der Waals surface area contributed by atoms with Crippen molar-refractivity contribution in [3.63, 3.8) is 0 Å². The standard InChI is InChI=1S/C21H20ClN5O3S/c1-12(14-4-3-5-17(10-14)23-13(2)28)26-27-21-25-20(30)18(31-21)11-19(29)24-16-8-6-15(22)7-9-16/h3-10,18H,11H2,1-2H3,(H,23,28)(H,24,29)(H,25,27,30)/b26-12-/t18-/m0/s1. The Bertz CT molecular complexity index is 1070. The number of amides is 3. The van der Waals surface area contributed by atoms with Gasteiger partial charge in [-0.05, 0) is 48.9 Å². The predicted molar refractivity (Wildman–Crippen MR) is 125 cm³/mol. The number of nitrogens with one attached hydrogen (secondary N) is 3. The third-order valence-corrected chi connectivity index (χ3v) is 5.49. The van der Waals surface area contributed by atoms with Gasteiger partial charge in [-0.2, -0.15) is 5.10 Å². The fraction of sp³-hybridized carbons (Fsp3) is 0.190. The summed E-state index contributed by atoms with van der Waals surface area (Å²) >= 11 is 6.98. The van der Waals surface area contributed by atoms with Crippen molar-refractivity contribution < 1.29 is 14.4 Å². The Morgan fingerprint density at radius 3 is 2.55 bits per heavy atom. The molecule has 1 saturated heterocycles. The highest BCUT2D eigenvalue weighted by molar-refractivity contribution is 8.15. The molecule has 1 atom stereocenters. The summed E-state index contributed by atoms with van der Waals surface area (Å²) in [6, 6.07) is 13.9.